The Morgan fingerprint density at radius 2 is 2.00 bits per heavy atom. The van der Waals surface area contributed by atoms with Crippen LogP contribution in [0.2, 0.25) is 5.28 Å². The average molecular weight is 272 g/mol. The number of ether oxygens (including phenoxy) is 2. The maximum Gasteiger partial charge on any atom is 0.323 e. The molecule has 0 saturated heterocycles. The summed E-state index contributed by atoms with van der Waals surface area (Å²) in [5.74, 6) is 1.36. The molecule has 1 heterocycles. The molecule has 2 rings (SSSR count). The van der Waals surface area contributed by atoms with E-state index in [1.54, 1.807) is 0 Å². The number of aromatic nitrogens is 3. The predicted octanol–water partition coefficient (Wildman–Crippen LogP) is 2.74. The maximum atomic E-state index is 5.75. The topological polar surface area (TPSA) is 57.1 Å². The summed E-state index contributed by atoms with van der Waals surface area (Å²) in [6.07, 6.45) is 5.01. The molecule has 1 saturated carbocycles. The summed E-state index contributed by atoms with van der Waals surface area (Å²) in [6, 6.07) is 0.423. The molecule has 1 aliphatic rings. The Morgan fingerprint density at radius 1 is 1.22 bits per heavy atom. The molecule has 100 valence electrons. The molecule has 0 bridgehead atoms. The van der Waals surface area contributed by atoms with E-state index in [4.69, 9.17) is 21.1 Å². The largest absolute Gasteiger partial charge is 0.467 e. The Bertz CT molecular complexity index is 403. The molecule has 1 aliphatic carbocycles. The van der Waals surface area contributed by atoms with Crippen molar-refractivity contribution in [2.75, 3.05) is 13.7 Å². The van der Waals surface area contributed by atoms with Crippen molar-refractivity contribution in [1.29, 1.82) is 0 Å². The standard InChI is InChI=1S/C12H18ClN3O2/c1-8-4-3-5-9(6-8)7-18-12-15-10(13)14-11(16-12)17-2/h8-9H,3-7H2,1-2H3. The highest BCUT2D eigenvalue weighted by molar-refractivity contribution is 6.28. The van der Waals surface area contributed by atoms with Crippen LogP contribution in [0, 0.1) is 11.8 Å². The van der Waals surface area contributed by atoms with Crippen LogP contribution < -0.4 is 9.47 Å². The Labute approximate surface area is 112 Å². The van der Waals surface area contributed by atoms with Crippen LogP contribution in [0.5, 0.6) is 12.0 Å². The number of hydrogen-bond acceptors (Lipinski definition) is 5. The number of nitrogens with zero attached hydrogens (tertiary/aromatic N) is 3. The normalized spacial score (nSPS) is 23.7. The molecular weight excluding hydrogens is 254 g/mol. The molecule has 2 unspecified atom stereocenters. The Balaban J connectivity index is 1.91. The zero-order valence-corrected chi connectivity index (χ0v) is 11.5. The van der Waals surface area contributed by atoms with Crippen LogP contribution in [0.1, 0.15) is 32.6 Å². The molecule has 1 aromatic heterocycles. The van der Waals surface area contributed by atoms with Gasteiger partial charge in [-0.25, -0.2) is 0 Å². The van der Waals surface area contributed by atoms with Crippen LogP contribution in [-0.2, 0) is 0 Å². The van der Waals surface area contributed by atoms with Gasteiger partial charge in [-0.1, -0.05) is 19.8 Å². The van der Waals surface area contributed by atoms with Crippen LogP contribution in [-0.4, -0.2) is 28.7 Å². The van der Waals surface area contributed by atoms with Crippen LogP contribution in [0.4, 0.5) is 0 Å². The first-order valence-electron chi connectivity index (χ1n) is 6.25. The number of methoxy groups -OCH3 is 1. The molecule has 0 spiro atoms. The lowest BCUT2D eigenvalue weighted by atomic mass is 9.83. The second kappa shape index (κ2) is 6.18. The molecule has 0 N–H and O–H groups in total. The van der Waals surface area contributed by atoms with E-state index in [1.807, 2.05) is 0 Å². The van der Waals surface area contributed by atoms with Crippen molar-refractivity contribution >= 4 is 11.6 Å². The lowest BCUT2D eigenvalue weighted by Crippen LogP contribution is -2.20. The summed E-state index contributed by atoms with van der Waals surface area (Å²) in [7, 11) is 1.48. The fourth-order valence-electron chi connectivity index (χ4n) is 2.37. The molecule has 1 fully saturated rings. The predicted molar refractivity (Wildman–Crippen MR) is 68.0 cm³/mol. The van der Waals surface area contributed by atoms with E-state index < -0.39 is 0 Å². The van der Waals surface area contributed by atoms with Crippen molar-refractivity contribution in [2.24, 2.45) is 11.8 Å². The van der Waals surface area contributed by atoms with E-state index in [-0.39, 0.29) is 17.3 Å². The lowest BCUT2D eigenvalue weighted by Gasteiger charge is -2.26. The van der Waals surface area contributed by atoms with Gasteiger partial charge in [-0.05, 0) is 36.3 Å². The van der Waals surface area contributed by atoms with E-state index in [1.165, 1.54) is 32.8 Å². The third-order valence-corrected chi connectivity index (χ3v) is 3.41. The van der Waals surface area contributed by atoms with Gasteiger partial charge in [0.2, 0.25) is 5.28 Å². The first kappa shape index (κ1) is 13.3. The molecule has 0 amide bonds. The third kappa shape index (κ3) is 3.70. The maximum absolute atomic E-state index is 5.75. The SMILES string of the molecule is COc1nc(Cl)nc(OCC2CCCC(C)C2)n1. The van der Waals surface area contributed by atoms with Crippen molar-refractivity contribution in [2.45, 2.75) is 32.6 Å². The fourth-order valence-corrected chi connectivity index (χ4v) is 2.52. The smallest absolute Gasteiger partial charge is 0.323 e. The quantitative estimate of drug-likeness (QED) is 0.843. The highest BCUT2D eigenvalue weighted by Crippen LogP contribution is 2.28. The second-order valence-corrected chi connectivity index (χ2v) is 5.16. The summed E-state index contributed by atoms with van der Waals surface area (Å²) in [4.78, 5) is 11.7. The van der Waals surface area contributed by atoms with Gasteiger partial charge >= 0.3 is 12.0 Å². The monoisotopic (exact) mass is 271 g/mol. The van der Waals surface area contributed by atoms with E-state index in [0.29, 0.717) is 12.5 Å². The molecule has 6 heteroatoms. The zero-order chi connectivity index (χ0) is 13.0. The van der Waals surface area contributed by atoms with Gasteiger partial charge in [0.25, 0.3) is 0 Å². The fraction of sp³-hybridized carbons (Fsp3) is 0.750. The molecule has 0 aromatic carbocycles. The molecule has 2 atom stereocenters. The van der Waals surface area contributed by atoms with Crippen molar-refractivity contribution in [3.8, 4) is 12.0 Å². The molecule has 18 heavy (non-hydrogen) atoms. The van der Waals surface area contributed by atoms with Crippen LogP contribution in [0.25, 0.3) is 0 Å². The molecule has 1 aromatic rings. The van der Waals surface area contributed by atoms with E-state index in [2.05, 4.69) is 21.9 Å². The van der Waals surface area contributed by atoms with Gasteiger partial charge in [-0.2, -0.15) is 9.97 Å². The van der Waals surface area contributed by atoms with Crippen molar-refractivity contribution < 1.29 is 9.47 Å². The van der Waals surface area contributed by atoms with Crippen LogP contribution >= 0.6 is 11.6 Å². The van der Waals surface area contributed by atoms with Crippen LogP contribution in [0.15, 0.2) is 0 Å². The molecule has 5 nitrogen and oxygen atoms in total. The second-order valence-electron chi connectivity index (χ2n) is 4.82. The summed E-state index contributed by atoms with van der Waals surface area (Å²) in [5.41, 5.74) is 0. The number of hydrogen-bond donors (Lipinski definition) is 0. The third-order valence-electron chi connectivity index (χ3n) is 3.24. The van der Waals surface area contributed by atoms with Gasteiger partial charge < -0.3 is 9.47 Å². The van der Waals surface area contributed by atoms with E-state index in [0.717, 1.165) is 5.92 Å². The average Bonchev–Trinajstić information content (AvgIpc) is 2.36. The Hall–Kier alpha value is -1.10. The van der Waals surface area contributed by atoms with Crippen molar-refractivity contribution in [3.05, 3.63) is 5.28 Å². The van der Waals surface area contributed by atoms with Gasteiger partial charge in [-0.3, -0.25) is 0 Å². The van der Waals surface area contributed by atoms with Gasteiger partial charge in [0.15, 0.2) is 0 Å². The molecule has 0 aliphatic heterocycles. The van der Waals surface area contributed by atoms with Gasteiger partial charge in [0.05, 0.1) is 13.7 Å². The van der Waals surface area contributed by atoms with Crippen LogP contribution in [0.3, 0.4) is 0 Å². The minimum Gasteiger partial charge on any atom is -0.467 e. The van der Waals surface area contributed by atoms with E-state index in [9.17, 15) is 0 Å². The highest BCUT2D eigenvalue weighted by atomic mass is 35.5. The van der Waals surface area contributed by atoms with Gasteiger partial charge in [-0.15, -0.1) is 4.98 Å². The number of rotatable bonds is 4. The zero-order valence-electron chi connectivity index (χ0n) is 10.7. The Kier molecular flexibility index (Phi) is 4.58. The summed E-state index contributed by atoms with van der Waals surface area (Å²) in [5, 5.41) is 0.0915. The molecular formula is C12H18ClN3O2. The molecule has 0 radical (unpaired) electrons. The van der Waals surface area contributed by atoms with E-state index >= 15 is 0 Å². The highest BCUT2D eigenvalue weighted by Gasteiger charge is 2.20. The van der Waals surface area contributed by atoms with Gasteiger partial charge in [0, 0.05) is 0 Å². The van der Waals surface area contributed by atoms with Crippen molar-refractivity contribution in [1.82, 2.24) is 15.0 Å². The number of halogens is 1. The summed E-state index contributed by atoms with van der Waals surface area (Å²) >= 11 is 5.75. The summed E-state index contributed by atoms with van der Waals surface area (Å²) in [6.45, 7) is 2.92. The first-order chi connectivity index (χ1) is 8.67. The minimum absolute atomic E-state index is 0.0915. The Morgan fingerprint density at radius 3 is 2.72 bits per heavy atom. The first-order valence-corrected chi connectivity index (χ1v) is 6.63. The van der Waals surface area contributed by atoms with Gasteiger partial charge in [0.1, 0.15) is 0 Å². The summed E-state index contributed by atoms with van der Waals surface area (Å²) < 4.78 is 10.5. The van der Waals surface area contributed by atoms with Crippen molar-refractivity contribution in [3.63, 3.8) is 0 Å². The minimum atomic E-state index is 0.0915. The lowest BCUT2D eigenvalue weighted by molar-refractivity contribution is 0.170.